The summed E-state index contributed by atoms with van der Waals surface area (Å²) in [6.45, 7) is 29.1. The van der Waals surface area contributed by atoms with E-state index >= 15 is 0 Å². The normalized spacial score (nSPS) is 12.2. The number of nitrogens with zero attached hydrogens (tertiary/aromatic N) is 1. The van der Waals surface area contributed by atoms with Gasteiger partial charge in [-0.25, -0.2) is 0 Å². The predicted molar refractivity (Wildman–Crippen MR) is 190 cm³/mol. The molecule has 252 valence electrons. The van der Waals surface area contributed by atoms with Crippen LogP contribution >= 0.6 is 0 Å². The van der Waals surface area contributed by atoms with Crippen molar-refractivity contribution < 1.29 is 14.6 Å². The SMILES string of the molecule is CC.CC(C)CC=O.CCC.CCCCN(C)CCCC.CCC[C@H](C)CC(CC)c1ccc2c(c1)CCO2.CCO. The number of aldehydes is 1. The Balaban J connectivity index is -0.000000254. The van der Waals surface area contributed by atoms with Crippen molar-refractivity contribution in [3.05, 3.63) is 29.3 Å². The summed E-state index contributed by atoms with van der Waals surface area (Å²) in [5.74, 6) is 3.19. The van der Waals surface area contributed by atoms with Crippen LogP contribution in [-0.4, -0.2) is 49.6 Å². The van der Waals surface area contributed by atoms with Crippen LogP contribution in [0.4, 0.5) is 0 Å². The lowest BCUT2D eigenvalue weighted by Gasteiger charge is -2.20. The molecule has 2 rings (SSSR count). The number of fused-ring (bicyclic) bond motifs is 1. The standard InChI is InChI=1S/C17H26O.C9H21N.C5H10O.C3H8.C2H6O.C2H6/c1-4-6-13(3)11-14(5-2)15-7-8-17-16(12-15)9-10-18-17;1-4-6-8-10(3)9-7-5-2;1-5(2)3-4-6;1-3-2;1-2-3;1-2/h7-8,12-14H,4-6,9-11H2,1-3H3;4-9H2,1-3H3;4-5H,3H2,1-2H3;3H2,1-2H3;3H,2H2,1H3;1-2H3/t13-,14?;;;;;/m0...../s1. The molecule has 0 saturated heterocycles. The number of benzene rings is 1. The molecule has 0 spiro atoms. The van der Waals surface area contributed by atoms with Crippen molar-refractivity contribution in [3.8, 4) is 5.75 Å². The summed E-state index contributed by atoms with van der Waals surface area (Å²) >= 11 is 0. The molecule has 0 aliphatic carbocycles. The van der Waals surface area contributed by atoms with Gasteiger partial charge in [-0.3, -0.25) is 0 Å². The van der Waals surface area contributed by atoms with Crippen molar-refractivity contribution in [2.75, 3.05) is 33.4 Å². The van der Waals surface area contributed by atoms with E-state index in [1.165, 1.54) is 82.0 Å². The highest BCUT2D eigenvalue weighted by atomic mass is 16.5. The number of ether oxygens (including phenoxy) is 1. The number of unbranched alkanes of at least 4 members (excludes halogenated alkanes) is 2. The van der Waals surface area contributed by atoms with E-state index in [2.05, 4.69) is 78.6 Å². The number of hydrogen-bond donors (Lipinski definition) is 1. The molecular weight excluding hydrogens is 518 g/mol. The van der Waals surface area contributed by atoms with Gasteiger partial charge < -0.3 is 19.5 Å². The minimum atomic E-state index is 0.250. The van der Waals surface area contributed by atoms with Crippen LogP contribution in [0.5, 0.6) is 5.75 Å². The lowest BCUT2D eigenvalue weighted by atomic mass is 9.85. The van der Waals surface area contributed by atoms with Crippen LogP contribution in [0.1, 0.15) is 164 Å². The van der Waals surface area contributed by atoms with Crippen LogP contribution in [0.3, 0.4) is 0 Å². The molecule has 0 fully saturated rings. The number of aliphatic hydroxyl groups is 1. The van der Waals surface area contributed by atoms with E-state index in [9.17, 15) is 4.79 Å². The van der Waals surface area contributed by atoms with E-state index in [1.54, 1.807) is 6.92 Å². The maximum absolute atomic E-state index is 9.62. The number of hydrogen-bond acceptors (Lipinski definition) is 4. The molecule has 1 N–H and O–H groups in total. The second-order valence-electron chi connectivity index (χ2n) is 11.5. The van der Waals surface area contributed by atoms with E-state index in [0.29, 0.717) is 12.3 Å². The molecule has 4 heteroatoms. The smallest absolute Gasteiger partial charge is 0.122 e. The van der Waals surface area contributed by atoms with Crippen LogP contribution in [-0.2, 0) is 11.2 Å². The average Bonchev–Trinajstić information content (AvgIpc) is 3.44. The van der Waals surface area contributed by atoms with Crippen LogP contribution in [0, 0.1) is 11.8 Å². The summed E-state index contributed by atoms with van der Waals surface area (Å²) in [6.07, 6.45) is 14.5. The molecule has 0 saturated carbocycles. The van der Waals surface area contributed by atoms with Crippen LogP contribution < -0.4 is 4.74 Å². The number of rotatable bonds is 14. The monoisotopic (exact) mass is 596 g/mol. The molecule has 4 nitrogen and oxygen atoms in total. The Morgan fingerprint density at radius 1 is 0.929 bits per heavy atom. The highest BCUT2D eigenvalue weighted by molar-refractivity contribution is 5.49. The van der Waals surface area contributed by atoms with Gasteiger partial charge >= 0.3 is 0 Å². The second kappa shape index (κ2) is 37.6. The molecule has 0 radical (unpaired) electrons. The first-order valence-electron chi connectivity index (χ1n) is 17.6. The van der Waals surface area contributed by atoms with Gasteiger partial charge in [0, 0.05) is 19.4 Å². The Bertz CT molecular complexity index is 637. The third kappa shape index (κ3) is 31.5. The molecule has 1 aliphatic heterocycles. The average molecular weight is 596 g/mol. The van der Waals surface area contributed by atoms with Crippen LogP contribution in [0.15, 0.2) is 18.2 Å². The van der Waals surface area contributed by atoms with E-state index in [1.807, 2.05) is 27.7 Å². The Morgan fingerprint density at radius 3 is 1.83 bits per heavy atom. The molecule has 1 unspecified atom stereocenters. The van der Waals surface area contributed by atoms with Gasteiger partial charge in [0.25, 0.3) is 0 Å². The van der Waals surface area contributed by atoms with Crippen molar-refractivity contribution in [2.45, 2.75) is 160 Å². The first-order valence-corrected chi connectivity index (χ1v) is 17.6. The van der Waals surface area contributed by atoms with E-state index in [-0.39, 0.29) is 6.61 Å². The minimum absolute atomic E-state index is 0.250. The topological polar surface area (TPSA) is 49.8 Å². The predicted octanol–water partition coefficient (Wildman–Crippen LogP) is 11.1. The summed E-state index contributed by atoms with van der Waals surface area (Å²) in [5, 5.41) is 7.57. The fourth-order valence-corrected chi connectivity index (χ4v) is 4.26. The van der Waals surface area contributed by atoms with E-state index < -0.39 is 0 Å². The summed E-state index contributed by atoms with van der Waals surface area (Å²) in [6, 6.07) is 6.83. The summed E-state index contributed by atoms with van der Waals surface area (Å²) in [4.78, 5) is 12.0. The van der Waals surface area contributed by atoms with Gasteiger partial charge in [-0.1, -0.05) is 120 Å². The first-order chi connectivity index (χ1) is 20.1. The number of carbonyl (C=O) groups is 1. The highest BCUT2D eigenvalue weighted by Crippen LogP contribution is 2.33. The van der Waals surface area contributed by atoms with Gasteiger partial charge in [0.2, 0.25) is 0 Å². The largest absolute Gasteiger partial charge is 0.493 e. The zero-order valence-corrected chi connectivity index (χ0v) is 30.9. The quantitative estimate of drug-likeness (QED) is 0.217. The van der Waals surface area contributed by atoms with Crippen molar-refractivity contribution in [2.24, 2.45) is 11.8 Å². The zero-order chi connectivity index (χ0) is 33.2. The molecule has 1 heterocycles. The van der Waals surface area contributed by atoms with Gasteiger partial charge in [0.1, 0.15) is 12.0 Å². The Kier molecular flexibility index (Phi) is 42.6. The van der Waals surface area contributed by atoms with Gasteiger partial charge in [0.15, 0.2) is 0 Å². The molecular formula is C38H77NO3. The van der Waals surface area contributed by atoms with E-state index in [4.69, 9.17) is 9.84 Å². The summed E-state index contributed by atoms with van der Waals surface area (Å²) in [7, 11) is 2.21. The van der Waals surface area contributed by atoms with Crippen molar-refractivity contribution in [1.82, 2.24) is 4.90 Å². The minimum Gasteiger partial charge on any atom is -0.493 e. The third-order valence-corrected chi connectivity index (χ3v) is 6.50. The third-order valence-electron chi connectivity index (χ3n) is 6.50. The maximum Gasteiger partial charge on any atom is 0.122 e. The van der Waals surface area contributed by atoms with Gasteiger partial charge in [-0.2, -0.15) is 0 Å². The zero-order valence-electron chi connectivity index (χ0n) is 30.9. The van der Waals surface area contributed by atoms with Crippen LogP contribution in [0.25, 0.3) is 0 Å². The van der Waals surface area contributed by atoms with Crippen molar-refractivity contribution in [1.29, 1.82) is 0 Å². The van der Waals surface area contributed by atoms with Crippen LogP contribution in [0.2, 0.25) is 0 Å². The molecule has 2 atom stereocenters. The second-order valence-corrected chi connectivity index (χ2v) is 11.5. The maximum atomic E-state index is 9.62. The first kappa shape index (κ1) is 47.5. The summed E-state index contributed by atoms with van der Waals surface area (Å²) < 4.78 is 5.59. The molecule has 0 aromatic heterocycles. The number of aliphatic hydroxyl groups excluding tert-OH is 1. The van der Waals surface area contributed by atoms with Gasteiger partial charge in [-0.05, 0) is 87.7 Å². The van der Waals surface area contributed by atoms with Gasteiger partial charge in [-0.15, -0.1) is 0 Å². The lowest BCUT2D eigenvalue weighted by molar-refractivity contribution is -0.108. The molecule has 1 aromatic carbocycles. The Labute approximate surface area is 265 Å². The molecule has 1 aliphatic rings. The fraction of sp³-hybridized carbons (Fsp3) is 0.816. The van der Waals surface area contributed by atoms with Gasteiger partial charge in [0.05, 0.1) is 6.61 Å². The molecule has 1 aromatic rings. The molecule has 0 bridgehead atoms. The molecule has 42 heavy (non-hydrogen) atoms. The number of carbonyl (C=O) groups excluding carboxylic acids is 1. The lowest BCUT2D eigenvalue weighted by Crippen LogP contribution is -2.20. The molecule has 0 amide bonds. The Hall–Kier alpha value is -1.39. The van der Waals surface area contributed by atoms with Crippen molar-refractivity contribution in [3.63, 3.8) is 0 Å². The van der Waals surface area contributed by atoms with E-state index in [0.717, 1.165) is 36.9 Å². The highest BCUT2D eigenvalue weighted by Gasteiger charge is 2.17. The van der Waals surface area contributed by atoms with Crippen molar-refractivity contribution >= 4 is 6.29 Å². The summed E-state index contributed by atoms with van der Waals surface area (Å²) in [5.41, 5.74) is 2.93. The fourth-order valence-electron chi connectivity index (χ4n) is 4.26. The Morgan fingerprint density at radius 2 is 1.45 bits per heavy atom.